The minimum absolute atomic E-state index is 0.228. The van der Waals surface area contributed by atoms with E-state index in [1.165, 1.54) is 14.4 Å². The van der Waals surface area contributed by atoms with Gasteiger partial charge >= 0.3 is 146 Å². The van der Waals surface area contributed by atoms with E-state index >= 15 is 0 Å². The van der Waals surface area contributed by atoms with Gasteiger partial charge in [-0.25, -0.2) is 0 Å². The molecule has 0 fully saturated rings. The fraction of sp³-hybridized carbons (Fsp3) is 0. The molecule has 0 unspecified atom stereocenters. The number of benzene rings is 2. The molecule has 0 amide bonds. The van der Waals surface area contributed by atoms with E-state index in [1.54, 1.807) is 30.3 Å². The van der Waals surface area contributed by atoms with Gasteiger partial charge < -0.3 is 0 Å². The van der Waals surface area contributed by atoms with Crippen LogP contribution in [-0.4, -0.2) is 10.7 Å². The molecule has 1 heterocycles. The fourth-order valence-electron chi connectivity index (χ4n) is 2.02. The Hall–Kier alpha value is -1.24. The van der Waals surface area contributed by atoms with Crippen molar-refractivity contribution in [2.24, 2.45) is 4.40 Å². The molecule has 0 bridgehead atoms. The third kappa shape index (κ3) is 3.74. The summed E-state index contributed by atoms with van der Waals surface area (Å²) < 4.78 is 32.1. The van der Waals surface area contributed by atoms with E-state index in [2.05, 4.69) is 18.9 Å². The number of sulfonamides is 1. The second kappa shape index (κ2) is 6.89. The summed E-state index contributed by atoms with van der Waals surface area (Å²) in [6.45, 7) is 0. The van der Waals surface area contributed by atoms with Gasteiger partial charge in [0.25, 0.3) is 0 Å². The van der Waals surface area contributed by atoms with E-state index in [-0.39, 0.29) is 4.90 Å². The predicted molar refractivity (Wildman–Crippen MR) is 83.0 cm³/mol. The number of nitrogens with zero attached hydrogens (tertiary/aromatic N) is 2. The van der Waals surface area contributed by atoms with Crippen molar-refractivity contribution in [3.8, 4) is 0 Å². The van der Waals surface area contributed by atoms with Gasteiger partial charge in [0.15, 0.2) is 0 Å². The van der Waals surface area contributed by atoms with Crippen LogP contribution in [0.2, 0.25) is 0 Å². The first-order valence-electron chi connectivity index (χ1n) is 6.69. The molecule has 108 valence electrons. The molecule has 22 heavy (non-hydrogen) atoms. The maximum absolute atomic E-state index is 12.4. The summed E-state index contributed by atoms with van der Waals surface area (Å²) in [6, 6.07) is 18.5. The van der Waals surface area contributed by atoms with E-state index in [9.17, 15) is 8.42 Å². The van der Waals surface area contributed by atoms with E-state index < -0.39 is 34.9 Å². The van der Waals surface area contributed by atoms with Crippen molar-refractivity contribution in [3.63, 3.8) is 0 Å². The Labute approximate surface area is 145 Å². The van der Waals surface area contributed by atoms with Crippen LogP contribution in [0.4, 0.5) is 0 Å². The van der Waals surface area contributed by atoms with Gasteiger partial charge in [-0.05, 0) is 0 Å². The standard InChI is InChI=1S/C9H7N2O2S2.C6H5.Hg/c12-15(13,8-4-2-1-3-5-8)11-9-10-6-7-14-9;1-2-4-6-5-3-1;/h1-7H;1-5H;/q-1;;+1. The van der Waals surface area contributed by atoms with Crippen LogP contribution in [0.1, 0.15) is 0 Å². The molecule has 0 saturated heterocycles. The molecule has 0 N–H and O–H groups in total. The molecule has 0 aliphatic carbocycles. The first kappa shape index (κ1) is 15.6. The molecule has 7 heteroatoms. The summed E-state index contributed by atoms with van der Waals surface area (Å²) in [5.41, 5.74) is 0. The molecule has 1 aromatic heterocycles. The number of thiazole rings is 1. The van der Waals surface area contributed by atoms with Crippen molar-refractivity contribution in [2.75, 3.05) is 0 Å². The van der Waals surface area contributed by atoms with Gasteiger partial charge in [0.05, 0.1) is 0 Å². The van der Waals surface area contributed by atoms with Gasteiger partial charge in [0, 0.05) is 0 Å². The molecule has 0 atom stereocenters. The molecule has 2 aromatic carbocycles. The normalized spacial score (nSPS) is 12.1. The summed E-state index contributed by atoms with van der Waals surface area (Å²) in [5, 5.41) is 1.89. The zero-order chi connectivity index (χ0) is 15.4. The molecule has 3 rings (SSSR count). The summed E-state index contributed by atoms with van der Waals surface area (Å²) in [4.78, 5) is 0.792. The number of hydrogen-bond donors (Lipinski definition) is 0. The summed E-state index contributed by atoms with van der Waals surface area (Å²) in [7, 11) is -3.65. The van der Waals surface area contributed by atoms with Gasteiger partial charge in [-0.3, -0.25) is 0 Å². The van der Waals surface area contributed by atoms with Gasteiger partial charge in [0.2, 0.25) is 0 Å². The zero-order valence-corrected chi connectivity index (χ0v) is 18.8. The van der Waals surface area contributed by atoms with E-state index in [0.29, 0.717) is 4.80 Å². The van der Waals surface area contributed by atoms with Crippen LogP contribution in [0, 0.1) is 0 Å². The molecule has 0 aliphatic rings. The second-order valence-corrected chi connectivity index (χ2v) is 14.2. The first-order valence-corrected chi connectivity index (χ1v) is 14.2. The van der Waals surface area contributed by atoms with Crippen LogP contribution in [-0.2, 0) is 34.9 Å². The van der Waals surface area contributed by atoms with Gasteiger partial charge in [-0.2, -0.15) is 0 Å². The van der Waals surface area contributed by atoms with Crippen molar-refractivity contribution in [1.29, 1.82) is 0 Å². The Bertz CT molecular complexity index is 917. The molecule has 4 nitrogen and oxygen atoms in total. The quantitative estimate of drug-likeness (QED) is 0.498. The van der Waals surface area contributed by atoms with Crippen LogP contribution in [0.25, 0.3) is 0 Å². The van der Waals surface area contributed by atoms with Crippen LogP contribution < -0.4 is 7.87 Å². The van der Waals surface area contributed by atoms with Crippen LogP contribution in [0.15, 0.2) is 81.5 Å². The predicted octanol–water partition coefficient (Wildman–Crippen LogP) is 2.01. The van der Waals surface area contributed by atoms with Crippen LogP contribution in [0.3, 0.4) is 0 Å². The molecule has 0 spiro atoms. The third-order valence-corrected chi connectivity index (χ3v) is 12.7. The molecule has 3 aromatic rings. The summed E-state index contributed by atoms with van der Waals surface area (Å²) >= 11 is -0.273. The topological polar surface area (TPSA) is 51.4 Å². The third-order valence-electron chi connectivity index (χ3n) is 3.10. The van der Waals surface area contributed by atoms with E-state index in [4.69, 9.17) is 0 Å². The van der Waals surface area contributed by atoms with Crippen LogP contribution >= 0.6 is 11.3 Å². The molecule has 0 aliphatic heterocycles. The van der Waals surface area contributed by atoms with E-state index in [1.807, 2.05) is 29.8 Å². The molecular weight excluding hydrogens is 505 g/mol. The Morgan fingerprint density at radius 3 is 2.27 bits per heavy atom. The fourth-order valence-corrected chi connectivity index (χ4v) is 11.4. The van der Waals surface area contributed by atoms with E-state index in [0.717, 1.165) is 0 Å². The maximum atomic E-state index is 12.4. The van der Waals surface area contributed by atoms with Gasteiger partial charge in [-0.1, -0.05) is 0 Å². The SMILES string of the molecule is O=S(=O)(N=c1scc[n]1[Hg][c]1ccccc1)c1ccccc1. The summed E-state index contributed by atoms with van der Waals surface area (Å²) in [6.07, 6.45) is 1.94. The molecule has 0 saturated carbocycles. The second-order valence-electron chi connectivity index (χ2n) is 4.68. The number of rotatable bonds is 4. The Kier molecular flexibility index (Phi) is 4.90. The zero-order valence-electron chi connectivity index (χ0n) is 11.7. The minimum atomic E-state index is -3.65. The van der Waals surface area contributed by atoms with Crippen molar-refractivity contribution >= 4 is 24.4 Å². The Balaban J connectivity index is 1.98. The van der Waals surface area contributed by atoms with Crippen LogP contribution in [0.5, 0.6) is 0 Å². The van der Waals surface area contributed by atoms with Crippen molar-refractivity contribution in [1.82, 2.24) is 2.33 Å². The number of aromatic nitrogens is 1. The Morgan fingerprint density at radius 1 is 0.955 bits per heavy atom. The van der Waals surface area contributed by atoms with Crippen molar-refractivity contribution < 1.29 is 33.3 Å². The summed E-state index contributed by atoms with van der Waals surface area (Å²) in [5.74, 6) is 0. The first-order chi connectivity index (χ1) is 10.6. The van der Waals surface area contributed by atoms with Crippen molar-refractivity contribution in [2.45, 2.75) is 4.90 Å². The monoisotopic (exact) mass is 518 g/mol. The van der Waals surface area contributed by atoms with Crippen molar-refractivity contribution in [3.05, 3.63) is 77.0 Å². The molecular formula is C15H12HgN2O2S2. The number of hydrogen-bond acceptors (Lipinski definition) is 3. The Morgan fingerprint density at radius 2 is 1.59 bits per heavy atom. The average Bonchev–Trinajstić information content (AvgIpc) is 2.95. The van der Waals surface area contributed by atoms with Gasteiger partial charge in [0.1, 0.15) is 0 Å². The molecule has 0 radical (unpaired) electrons. The average molecular weight is 517 g/mol. The van der Waals surface area contributed by atoms with Gasteiger partial charge in [-0.15, -0.1) is 0 Å².